The van der Waals surface area contributed by atoms with Gasteiger partial charge in [0.05, 0.1) is 0 Å². The molecule has 1 heteroatoms. The molecule has 0 heterocycles. The van der Waals surface area contributed by atoms with Gasteiger partial charge < -0.3 is 5.32 Å². The number of hydrogen-bond acceptors (Lipinski definition) is 1. The van der Waals surface area contributed by atoms with Crippen LogP contribution in [0.2, 0.25) is 0 Å². The monoisotopic (exact) mass is 195 g/mol. The third-order valence-electron chi connectivity index (χ3n) is 4.20. The lowest BCUT2D eigenvalue weighted by atomic mass is 9.94. The molecule has 14 heavy (non-hydrogen) atoms. The van der Waals surface area contributed by atoms with Crippen molar-refractivity contribution in [3.05, 3.63) is 0 Å². The number of nitrogens with one attached hydrogen (secondary N) is 1. The summed E-state index contributed by atoms with van der Waals surface area (Å²) in [7, 11) is 0. The minimum Gasteiger partial charge on any atom is -0.311 e. The van der Waals surface area contributed by atoms with Crippen LogP contribution in [-0.4, -0.2) is 12.1 Å². The summed E-state index contributed by atoms with van der Waals surface area (Å²) in [6.45, 7) is 2.34. The summed E-state index contributed by atoms with van der Waals surface area (Å²) in [5.74, 6) is 1.02. The fourth-order valence-corrected chi connectivity index (χ4v) is 3.20. The highest BCUT2D eigenvalue weighted by molar-refractivity contribution is 4.84. The Labute approximate surface area is 88.7 Å². The molecule has 0 saturated heterocycles. The Balaban J connectivity index is 1.69. The normalized spacial score (nSPS) is 34.9. The summed E-state index contributed by atoms with van der Waals surface area (Å²) < 4.78 is 0. The Morgan fingerprint density at radius 1 is 0.929 bits per heavy atom. The van der Waals surface area contributed by atoms with Gasteiger partial charge in [-0.25, -0.2) is 0 Å². The van der Waals surface area contributed by atoms with Crippen molar-refractivity contribution in [1.29, 1.82) is 0 Å². The molecule has 82 valence electrons. The molecular weight excluding hydrogens is 170 g/mol. The molecule has 0 aromatic rings. The van der Waals surface area contributed by atoms with Gasteiger partial charge in [0.2, 0.25) is 0 Å². The van der Waals surface area contributed by atoms with Crippen LogP contribution >= 0.6 is 0 Å². The van der Waals surface area contributed by atoms with Gasteiger partial charge in [0.1, 0.15) is 0 Å². The van der Waals surface area contributed by atoms with Gasteiger partial charge in [-0.1, -0.05) is 32.6 Å². The maximum Gasteiger partial charge on any atom is 0.00723 e. The van der Waals surface area contributed by atoms with E-state index in [9.17, 15) is 0 Å². The summed E-state index contributed by atoms with van der Waals surface area (Å²) in [5.41, 5.74) is 0. The van der Waals surface area contributed by atoms with Gasteiger partial charge >= 0.3 is 0 Å². The lowest BCUT2D eigenvalue weighted by Crippen LogP contribution is -2.38. The molecule has 0 bridgehead atoms. The Morgan fingerprint density at radius 2 is 1.71 bits per heavy atom. The van der Waals surface area contributed by atoms with Crippen molar-refractivity contribution < 1.29 is 0 Å². The average Bonchev–Trinajstić information content (AvgIpc) is 2.67. The van der Waals surface area contributed by atoms with Crippen LogP contribution < -0.4 is 5.32 Å². The fourth-order valence-electron chi connectivity index (χ4n) is 3.20. The van der Waals surface area contributed by atoms with E-state index in [1.54, 1.807) is 0 Å². The number of hydrogen-bond donors (Lipinski definition) is 1. The van der Waals surface area contributed by atoms with Crippen LogP contribution in [0.5, 0.6) is 0 Å². The SMILES string of the molecule is CCC1CCC(NC2CCCCC2)C1. The molecule has 2 aliphatic carbocycles. The van der Waals surface area contributed by atoms with Gasteiger partial charge in [-0.15, -0.1) is 0 Å². The highest BCUT2D eigenvalue weighted by Crippen LogP contribution is 2.29. The first-order chi connectivity index (χ1) is 6.88. The molecule has 0 radical (unpaired) electrons. The van der Waals surface area contributed by atoms with Gasteiger partial charge in [0, 0.05) is 12.1 Å². The highest BCUT2D eigenvalue weighted by Gasteiger charge is 2.25. The Morgan fingerprint density at radius 3 is 2.36 bits per heavy atom. The van der Waals surface area contributed by atoms with E-state index in [4.69, 9.17) is 0 Å². The van der Waals surface area contributed by atoms with Crippen LogP contribution in [0.1, 0.15) is 64.7 Å². The van der Waals surface area contributed by atoms with Gasteiger partial charge in [0.25, 0.3) is 0 Å². The van der Waals surface area contributed by atoms with E-state index < -0.39 is 0 Å². The van der Waals surface area contributed by atoms with Gasteiger partial charge in [-0.3, -0.25) is 0 Å². The van der Waals surface area contributed by atoms with Crippen LogP contribution in [0.15, 0.2) is 0 Å². The van der Waals surface area contributed by atoms with Crippen LogP contribution in [0.25, 0.3) is 0 Å². The van der Waals surface area contributed by atoms with Gasteiger partial charge in [-0.05, 0) is 38.0 Å². The molecule has 2 unspecified atom stereocenters. The van der Waals surface area contributed by atoms with E-state index in [2.05, 4.69) is 12.2 Å². The maximum absolute atomic E-state index is 3.88. The third kappa shape index (κ3) is 2.73. The first-order valence-electron chi connectivity index (χ1n) is 6.64. The van der Waals surface area contributed by atoms with Crippen LogP contribution in [0.3, 0.4) is 0 Å². The van der Waals surface area contributed by atoms with Crippen molar-refractivity contribution in [1.82, 2.24) is 5.32 Å². The Hall–Kier alpha value is -0.0400. The predicted molar refractivity (Wildman–Crippen MR) is 61.4 cm³/mol. The zero-order chi connectivity index (χ0) is 9.80. The number of rotatable bonds is 3. The van der Waals surface area contributed by atoms with Crippen LogP contribution in [-0.2, 0) is 0 Å². The molecule has 0 spiro atoms. The quantitative estimate of drug-likeness (QED) is 0.727. The molecule has 1 nitrogen and oxygen atoms in total. The third-order valence-corrected chi connectivity index (χ3v) is 4.20. The molecule has 2 atom stereocenters. The van der Waals surface area contributed by atoms with E-state index in [0.717, 1.165) is 18.0 Å². The standard InChI is InChI=1S/C13H25N/c1-2-11-8-9-13(10-11)14-12-6-4-3-5-7-12/h11-14H,2-10H2,1H3. The summed E-state index contributed by atoms with van der Waals surface area (Å²) in [4.78, 5) is 0. The molecule has 2 saturated carbocycles. The molecular formula is C13H25N. The molecule has 0 aromatic carbocycles. The van der Waals surface area contributed by atoms with Crippen LogP contribution in [0.4, 0.5) is 0 Å². The van der Waals surface area contributed by atoms with Crippen molar-refractivity contribution in [2.24, 2.45) is 5.92 Å². The molecule has 0 amide bonds. The highest BCUT2D eigenvalue weighted by atomic mass is 15.0. The van der Waals surface area contributed by atoms with E-state index in [-0.39, 0.29) is 0 Å². The van der Waals surface area contributed by atoms with Crippen molar-refractivity contribution in [3.8, 4) is 0 Å². The summed E-state index contributed by atoms with van der Waals surface area (Å²) in [6.07, 6.45) is 13.0. The average molecular weight is 195 g/mol. The first-order valence-corrected chi connectivity index (χ1v) is 6.64. The second-order valence-electron chi connectivity index (χ2n) is 5.29. The van der Waals surface area contributed by atoms with Crippen molar-refractivity contribution in [2.45, 2.75) is 76.8 Å². The summed E-state index contributed by atoms with van der Waals surface area (Å²) >= 11 is 0. The molecule has 1 N–H and O–H groups in total. The Bertz CT molecular complexity index is 161. The predicted octanol–water partition coefficient (Wildman–Crippen LogP) is 3.49. The smallest absolute Gasteiger partial charge is 0.00723 e. The largest absolute Gasteiger partial charge is 0.311 e. The van der Waals surface area contributed by atoms with Gasteiger partial charge in [0.15, 0.2) is 0 Å². The van der Waals surface area contributed by atoms with E-state index >= 15 is 0 Å². The fraction of sp³-hybridized carbons (Fsp3) is 1.00. The first kappa shape index (κ1) is 10.5. The van der Waals surface area contributed by atoms with Gasteiger partial charge in [-0.2, -0.15) is 0 Å². The maximum atomic E-state index is 3.88. The van der Waals surface area contributed by atoms with E-state index in [1.807, 2.05) is 0 Å². The van der Waals surface area contributed by atoms with Crippen LogP contribution in [0, 0.1) is 5.92 Å². The molecule has 0 aromatic heterocycles. The lowest BCUT2D eigenvalue weighted by molar-refractivity contribution is 0.332. The summed E-state index contributed by atoms with van der Waals surface area (Å²) in [5, 5.41) is 3.88. The zero-order valence-corrected chi connectivity index (χ0v) is 9.60. The minimum atomic E-state index is 0.864. The zero-order valence-electron chi connectivity index (χ0n) is 9.60. The van der Waals surface area contributed by atoms with Crippen molar-refractivity contribution in [3.63, 3.8) is 0 Å². The lowest BCUT2D eigenvalue weighted by Gasteiger charge is -2.26. The van der Waals surface area contributed by atoms with E-state index in [1.165, 1.54) is 57.8 Å². The van der Waals surface area contributed by atoms with E-state index in [0.29, 0.717) is 0 Å². The second kappa shape index (κ2) is 5.16. The minimum absolute atomic E-state index is 0.864. The Kier molecular flexibility index (Phi) is 3.86. The summed E-state index contributed by atoms with van der Waals surface area (Å²) in [6, 6.07) is 1.73. The van der Waals surface area contributed by atoms with Crippen molar-refractivity contribution >= 4 is 0 Å². The molecule has 2 fully saturated rings. The topological polar surface area (TPSA) is 12.0 Å². The molecule has 2 rings (SSSR count). The van der Waals surface area contributed by atoms with Crippen molar-refractivity contribution in [2.75, 3.05) is 0 Å². The molecule has 2 aliphatic rings. The molecule has 0 aliphatic heterocycles. The second-order valence-corrected chi connectivity index (χ2v) is 5.29.